The number of rotatable bonds is 43. The molecule has 1 atom stereocenters. The molecule has 0 N–H and O–H groups in total. The van der Waals surface area contributed by atoms with Crippen molar-refractivity contribution in [1.82, 2.24) is 0 Å². The molecule has 0 rings (SSSR count). The molecule has 0 unspecified atom stereocenters. The third-order valence-electron chi connectivity index (χ3n) is 10.8. The third kappa shape index (κ3) is 41.6. The number of esters is 3. The zero-order valence-electron chi connectivity index (χ0n) is 36.7. The molecule has 0 saturated heterocycles. The molecule has 0 fully saturated rings. The van der Waals surface area contributed by atoms with Crippen LogP contribution in [0.3, 0.4) is 0 Å². The van der Waals surface area contributed by atoms with Gasteiger partial charge in [0.05, 0.1) is 0 Å². The van der Waals surface area contributed by atoms with Gasteiger partial charge in [-0.3, -0.25) is 14.4 Å². The second-order valence-electron chi connectivity index (χ2n) is 16.9. The van der Waals surface area contributed by atoms with Crippen molar-refractivity contribution in [2.24, 2.45) is 5.92 Å². The minimum absolute atomic E-state index is 0.0647. The number of carbonyl (C=O) groups is 3. The fourth-order valence-corrected chi connectivity index (χ4v) is 7.16. The van der Waals surface area contributed by atoms with Crippen molar-refractivity contribution in [3.8, 4) is 0 Å². The van der Waals surface area contributed by atoms with Gasteiger partial charge in [0.1, 0.15) is 13.2 Å². The van der Waals surface area contributed by atoms with Crippen molar-refractivity contribution >= 4 is 17.9 Å². The first-order valence-corrected chi connectivity index (χ1v) is 23.9. The molecule has 0 amide bonds. The summed E-state index contributed by atoms with van der Waals surface area (Å²) in [6, 6.07) is 0. The van der Waals surface area contributed by atoms with Crippen LogP contribution in [0.2, 0.25) is 0 Å². The van der Waals surface area contributed by atoms with E-state index < -0.39 is 6.10 Å². The van der Waals surface area contributed by atoms with Gasteiger partial charge in [-0.1, -0.05) is 227 Å². The largest absolute Gasteiger partial charge is 0.462 e. The molecule has 0 aliphatic rings. The lowest BCUT2D eigenvalue weighted by Gasteiger charge is -2.18. The van der Waals surface area contributed by atoms with Gasteiger partial charge in [-0.25, -0.2) is 0 Å². The zero-order chi connectivity index (χ0) is 39.6. The molecule has 0 aromatic heterocycles. The van der Waals surface area contributed by atoms with E-state index in [1.165, 1.54) is 154 Å². The fourth-order valence-electron chi connectivity index (χ4n) is 7.16. The van der Waals surface area contributed by atoms with E-state index in [-0.39, 0.29) is 31.1 Å². The van der Waals surface area contributed by atoms with E-state index in [9.17, 15) is 14.4 Å². The second-order valence-corrected chi connectivity index (χ2v) is 16.9. The Labute approximate surface area is 336 Å². The highest BCUT2D eigenvalue weighted by Crippen LogP contribution is 2.17. The molecule has 0 bridgehead atoms. The number of ether oxygens (including phenoxy) is 3. The lowest BCUT2D eigenvalue weighted by Crippen LogP contribution is -2.30. The molecular weight excluding hydrogens is 673 g/mol. The van der Waals surface area contributed by atoms with E-state index in [0.29, 0.717) is 19.3 Å². The Balaban J connectivity index is 4.06. The van der Waals surface area contributed by atoms with Crippen molar-refractivity contribution < 1.29 is 28.6 Å². The lowest BCUT2D eigenvalue weighted by atomic mass is 10.0. The molecule has 0 saturated carbocycles. The van der Waals surface area contributed by atoms with Crippen LogP contribution in [-0.2, 0) is 28.6 Å². The zero-order valence-corrected chi connectivity index (χ0v) is 36.7. The number of hydrogen-bond acceptors (Lipinski definition) is 6. The smallest absolute Gasteiger partial charge is 0.306 e. The van der Waals surface area contributed by atoms with Crippen molar-refractivity contribution in [2.75, 3.05) is 13.2 Å². The number of hydrogen-bond donors (Lipinski definition) is 0. The molecule has 6 nitrogen and oxygen atoms in total. The second kappa shape index (κ2) is 42.6. The van der Waals surface area contributed by atoms with Gasteiger partial charge in [0.2, 0.25) is 0 Å². The molecule has 0 aromatic carbocycles. The highest BCUT2D eigenvalue weighted by molar-refractivity contribution is 5.71. The normalized spacial score (nSPS) is 11.9. The van der Waals surface area contributed by atoms with Gasteiger partial charge >= 0.3 is 17.9 Å². The Hall–Kier alpha value is -1.59. The summed E-state index contributed by atoms with van der Waals surface area (Å²) in [7, 11) is 0. The number of unbranched alkanes of at least 4 members (excludes halogenated alkanes) is 30. The summed E-state index contributed by atoms with van der Waals surface area (Å²) in [6.07, 6.45) is 42.6. The maximum absolute atomic E-state index is 12.5. The van der Waals surface area contributed by atoms with E-state index in [0.717, 1.165) is 70.1 Å². The van der Waals surface area contributed by atoms with Gasteiger partial charge in [-0.15, -0.1) is 0 Å². The van der Waals surface area contributed by atoms with Crippen LogP contribution in [0.5, 0.6) is 0 Å². The van der Waals surface area contributed by atoms with Crippen molar-refractivity contribution in [1.29, 1.82) is 0 Å². The van der Waals surface area contributed by atoms with Gasteiger partial charge < -0.3 is 14.2 Å². The highest BCUT2D eigenvalue weighted by atomic mass is 16.6. The molecule has 0 aliphatic carbocycles. The summed E-state index contributed by atoms with van der Waals surface area (Å²) in [6.45, 7) is 8.94. The summed E-state index contributed by atoms with van der Waals surface area (Å²) >= 11 is 0. The average Bonchev–Trinajstić information content (AvgIpc) is 3.15. The van der Waals surface area contributed by atoms with Crippen molar-refractivity contribution in [2.45, 2.75) is 271 Å². The van der Waals surface area contributed by atoms with E-state index in [4.69, 9.17) is 14.2 Å². The Morgan fingerprint density at radius 1 is 0.352 bits per heavy atom. The lowest BCUT2D eigenvalue weighted by molar-refractivity contribution is -0.167. The summed E-state index contributed by atoms with van der Waals surface area (Å²) in [4.78, 5) is 37.5. The van der Waals surface area contributed by atoms with Gasteiger partial charge in [-0.2, -0.15) is 0 Å². The Kier molecular flexibility index (Phi) is 41.3. The molecule has 0 aromatic rings. The van der Waals surface area contributed by atoms with Gasteiger partial charge in [-0.05, 0) is 25.2 Å². The van der Waals surface area contributed by atoms with Gasteiger partial charge in [0, 0.05) is 19.3 Å². The Bertz CT molecular complexity index is 811. The van der Waals surface area contributed by atoms with Crippen LogP contribution in [0, 0.1) is 5.92 Å². The first-order valence-electron chi connectivity index (χ1n) is 23.9. The fraction of sp³-hybridized carbons (Fsp3) is 0.938. The maximum Gasteiger partial charge on any atom is 0.306 e. The quantitative estimate of drug-likeness (QED) is 0.0349. The molecule has 54 heavy (non-hydrogen) atoms. The van der Waals surface area contributed by atoms with Gasteiger partial charge in [0.25, 0.3) is 0 Å². The van der Waals surface area contributed by atoms with E-state index >= 15 is 0 Å². The Morgan fingerprint density at radius 3 is 0.907 bits per heavy atom. The van der Waals surface area contributed by atoms with Crippen LogP contribution >= 0.6 is 0 Å². The topological polar surface area (TPSA) is 78.9 Å². The van der Waals surface area contributed by atoms with Crippen LogP contribution < -0.4 is 0 Å². The van der Waals surface area contributed by atoms with Gasteiger partial charge in [0.15, 0.2) is 6.10 Å². The van der Waals surface area contributed by atoms with Crippen LogP contribution in [-0.4, -0.2) is 37.2 Å². The minimum atomic E-state index is -0.757. The SMILES string of the molecule is CCCCCCCCCCCCCCC(=O)OC[C@H](COC(=O)CCCCCCCCCCCCCCCCCCC(C)C)OC(=O)CCCCCCC. The molecule has 0 spiro atoms. The predicted molar refractivity (Wildman–Crippen MR) is 229 cm³/mol. The van der Waals surface area contributed by atoms with E-state index in [1.54, 1.807) is 0 Å². The van der Waals surface area contributed by atoms with Crippen LogP contribution in [0.4, 0.5) is 0 Å². The standard InChI is InChI=1S/C48H92O6/c1-5-7-9-11-12-13-14-22-25-28-32-35-39-46(49)52-42-45(54-48(51)41-37-30-10-8-6-2)43-53-47(50)40-36-33-29-26-23-20-18-16-15-17-19-21-24-27-31-34-38-44(3)4/h44-45H,5-43H2,1-4H3/t45-/m1/s1. The summed E-state index contributed by atoms with van der Waals surface area (Å²) in [5.41, 5.74) is 0. The molecule has 320 valence electrons. The molecule has 6 heteroatoms. The highest BCUT2D eigenvalue weighted by Gasteiger charge is 2.19. The van der Waals surface area contributed by atoms with E-state index in [2.05, 4.69) is 27.7 Å². The van der Waals surface area contributed by atoms with Crippen LogP contribution in [0.1, 0.15) is 265 Å². The minimum Gasteiger partial charge on any atom is -0.462 e. The monoisotopic (exact) mass is 765 g/mol. The van der Waals surface area contributed by atoms with Crippen molar-refractivity contribution in [3.63, 3.8) is 0 Å². The maximum atomic E-state index is 12.5. The summed E-state index contributed by atoms with van der Waals surface area (Å²) in [5.74, 6) is -0.0127. The Morgan fingerprint density at radius 2 is 0.611 bits per heavy atom. The van der Waals surface area contributed by atoms with Crippen molar-refractivity contribution in [3.05, 3.63) is 0 Å². The average molecular weight is 765 g/mol. The summed E-state index contributed by atoms with van der Waals surface area (Å²) < 4.78 is 16.6. The molecule has 0 aliphatic heterocycles. The van der Waals surface area contributed by atoms with E-state index in [1.807, 2.05) is 0 Å². The molecule has 0 radical (unpaired) electrons. The third-order valence-corrected chi connectivity index (χ3v) is 10.8. The van der Waals surface area contributed by atoms with Crippen LogP contribution in [0.25, 0.3) is 0 Å². The molecule has 0 heterocycles. The molecular formula is C48H92O6. The first kappa shape index (κ1) is 52.4. The first-order chi connectivity index (χ1) is 26.4. The number of carbonyl (C=O) groups excluding carboxylic acids is 3. The van der Waals surface area contributed by atoms with Crippen LogP contribution in [0.15, 0.2) is 0 Å². The predicted octanol–water partition coefficient (Wildman–Crippen LogP) is 15.1. The summed E-state index contributed by atoms with van der Waals surface area (Å²) in [5, 5.41) is 0.